The maximum Gasteiger partial charge on any atom is 0.251 e. The zero-order chi connectivity index (χ0) is 16.6. The number of benzene rings is 1. The second-order valence-electron chi connectivity index (χ2n) is 6.39. The fraction of sp³-hybridized carbons (Fsp3) is 0.400. The number of hydrogen-bond acceptors (Lipinski definition) is 3. The van der Waals surface area contributed by atoms with Crippen molar-refractivity contribution in [3.8, 4) is 0 Å². The molecule has 0 spiro atoms. The Hall–Kier alpha value is -2.20. The normalized spacial score (nSPS) is 17.4. The minimum Gasteiger partial charge on any atom is -0.352 e. The van der Waals surface area contributed by atoms with E-state index in [1.807, 2.05) is 30.5 Å². The van der Waals surface area contributed by atoms with Crippen molar-refractivity contribution in [2.75, 3.05) is 19.6 Å². The predicted octanol–water partition coefficient (Wildman–Crippen LogP) is 2.91. The molecule has 1 saturated heterocycles. The van der Waals surface area contributed by atoms with E-state index in [0.717, 1.165) is 31.5 Å². The van der Waals surface area contributed by atoms with E-state index in [4.69, 9.17) is 0 Å². The zero-order valence-corrected chi connectivity index (χ0v) is 14.0. The summed E-state index contributed by atoms with van der Waals surface area (Å²) in [7, 11) is 0. The third kappa shape index (κ3) is 4.65. The summed E-state index contributed by atoms with van der Waals surface area (Å²) in [5.74, 6) is 0.545. The van der Waals surface area contributed by atoms with Gasteiger partial charge in [-0.2, -0.15) is 0 Å². The Morgan fingerprint density at radius 1 is 1.29 bits per heavy atom. The first kappa shape index (κ1) is 16.7. The molecule has 1 aliphatic heterocycles. The van der Waals surface area contributed by atoms with Crippen LogP contribution in [0.15, 0.2) is 48.8 Å². The molecular weight excluding hydrogens is 298 g/mol. The van der Waals surface area contributed by atoms with Crippen LogP contribution in [-0.2, 0) is 6.42 Å². The largest absolute Gasteiger partial charge is 0.352 e. The highest BCUT2D eigenvalue weighted by Gasteiger charge is 2.16. The van der Waals surface area contributed by atoms with Gasteiger partial charge in [0.2, 0.25) is 0 Å². The fourth-order valence-electron chi connectivity index (χ4n) is 3.21. The highest BCUT2D eigenvalue weighted by Crippen LogP contribution is 2.23. The lowest BCUT2D eigenvalue weighted by Gasteiger charge is -2.23. The lowest BCUT2D eigenvalue weighted by atomic mass is 9.90. The summed E-state index contributed by atoms with van der Waals surface area (Å²) in [6, 6.07) is 12.1. The van der Waals surface area contributed by atoms with Gasteiger partial charge in [0.1, 0.15) is 0 Å². The molecule has 2 aromatic rings. The van der Waals surface area contributed by atoms with Crippen LogP contribution in [0.25, 0.3) is 0 Å². The minimum absolute atomic E-state index is 0.0202. The van der Waals surface area contributed by atoms with Crippen molar-refractivity contribution in [3.05, 3.63) is 65.5 Å². The standard InChI is InChI=1S/C20H25N3O/c24-20(23-12-3-6-16-5-2-10-21-14-16)18-8-1-7-17(13-18)19-9-4-11-22-15-19/h1-2,5,7-8,10,13-14,19,22H,3-4,6,9,11-12,15H2,(H,23,24). The molecular formula is C20H25N3O. The van der Waals surface area contributed by atoms with Gasteiger partial charge in [-0.3, -0.25) is 9.78 Å². The monoisotopic (exact) mass is 323 g/mol. The van der Waals surface area contributed by atoms with Gasteiger partial charge in [0.25, 0.3) is 5.91 Å². The number of carbonyl (C=O) groups excluding carboxylic acids is 1. The Kier molecular flexibility index (Phi) is 5.96. The van der Waals surface area contributed by atoms with Gasteiger partial charge in [-0.05, 0) is 67.5 Å². The number of carbonyl (C=O) groups is 1. The number of rotatable bonds is 6. The molecule has 1 amide bonds. The van der Waals surface area contributed by atoms with E-state index < -0.39 is 0 Å². The average Bonchev–Trinajstić information content (AvgIpc) is 2.67. The molecule has 126 valence electrons. The second kappa shape index (κ2) is 8.60. The van der Waals surface area contributed by atoms with Crippen LogP contribution in [0, 0.1) is 0 Å². The van der Waals surface area contributed by atoms with Crippen LogP contribution >= 0.6 is 0 Å². The molecule has 0 saturated carbocycles. The fourth-order valence-corrected chi connectivity index (χ4v) is 3.21. The van der Waals surface area contributed by atoms with E-state index >= 15 is 0 Å². The number of aromatic nitrogens is 1. The first-order valence-electron chi connectivity index (χ1n) is 8.81. The molecule has 4 heteroatoms. The van der Waals surface area contributed by atoms with Gasteiger partial charge in [-0.1, -0.05) is 18.2 Å². The Bertz CT molecular complexity index is 651. The summed E-state index contributed by atoms with van der Waals surface area (Å²) < 4.78 is 0. The summed E-state index contributed by atoms with van der Waals surface area (Å²) in [4.78, 5) is 16.5. The van der Waals surface area contributed by atoms with Crippen LogP contribution in [0.1, 0.15) is 46.7 Å². The number of piperidine rings is 1. The van der Waals surface area contributed by atoms with Crippen molar-refractivity contribution in [1.29, 1.82) is 0 Å². The van der Waals surface area contributed by atoms with Gasteiger partial charge >= 0.3 is 0 Å². The van der Waals surface area contributed by atoms with Crippen molar-refractivity contribution >= 4 is 5.91 Å². The van der Waals surface area contributed by atoms with Gasteiger partial charge < -0.3 is 10.6 Å². The molecule has 1 aromatic heterocycles. The van der Waals surface area contributed by atoms with Crippen LogP contribution in [-0.4, -0.2) is 30.5 Å². The van der Waals surface area contributed by atoms with Crippen LogP contribution in [0.2, 0.25) is 0 Å². The van der Waals surface area contributed by atoms with E-state index in [-0.39, 0.29) is 5.91 Å². The minimum atomic E-state index is 0.0202. The van der Waals surface area contributed by atoms with Crippen LogP contribution in [0.4, 0.5) is 0 Å². The molecule has 1 aliphatic rings. The number of nitrogens with zero attached hydrogens (tertiary/aromatic N) is 1. The van der Waals surface area contributed by atoms with E-state index in [1.165, 1.54) is 24.0 Å². The van der Waals surface area contributed by atoms with Crippen molar-refractivity contribution in [2.45, 2.75) is 31.6 Å². The topological polar surface area (TPSA) is 54.0 Å². The van der Waals surface area contributed by atoms with Crippen molar-refractivity contribution in [3.63, 3.8) is 0 Å². The summed E-state index contributed by atoms with van der Waals surface area (Å²) in [5, 5.41) is 6.46. The first-order chi connectivity index (χ1) is 11.8. The maximum absolute atomic E-state index is 12.4. The molecule has 0 aliphatic carbocycles. The third-order valence-corrected chi connectivity index (χ3v) is 4.57. The Morgan fingerprint density at radius 3 is 3.04 bits per heavy atom. The Morgan fingerprint density at radius 2 is 2.25 bits per heavy atom. The van der Waals surface area contributed by atoms with Crippen LogP contribution < -0.4 is 10.6 Å². The Labute approximate surface area is 143 Å². The zero-order valence-electron chi connectivity index (χ0n) is 14.0. The van der Waals surface area contributed by atoms with Gasteiger partial charge in [-0.15, -0.1) is 0 Å². The molecule has 1 atom stereocenters. The van der Waals surface area contributed by atoms with Crippen LogP contribution in [0.3, 0.4) is 0 Å². The van der Waals surface area contributed by atoms with Gasteiger partial charge in [-0.25, -0.2) is 0 Å². The predicted molar refractivity (Wildman–Crippen MR) is 96.2 cm³/mol. The molecule has 3 rings (SSSR count). The summed E-state index contributed by atoms with van der Waals surface area (Å²) in [6.45, 7) is 2.80. The molecule has 2 heterocycles. The highest BCUT2D eigenvalue weighted by atomic mass is 16.1. The molecule has 4 nitrogen and oxygen atoms in total. The summed E-state index contributed by atoms with van der Waals surface area (Å²) >= 11 is 0. The van der Waals surface area contributed by atoms with E-state index in [1.54, 1.807) is 6.20 Å². The molecule has 1 unspecified atom stereocenters. The van der Waals surface area contributed by atoms with Crippen molar-refractivity contribution < 1.29 is 4.79 Å². The first-order valence-corrected chi connectivity index (χ1v) is 8.81. The summed E-state index contributed by atoms with van der Waals surface area (Å²) in [6.07, 6.45) is 7.91. The number of nitrogens with one attached hydrogen (secondary N) is 2. The molecule has 2 N–H and O–H groups in total. The van der Waals surface area contributed by atoms with E-state index in [0.29, 0.717) is 12.5 Å². The van der Waals surface area contributed by atoms with Gasteiger partial charge in [0.05, 0.1) is 0 Å². The highest BCUT2D eigenvalue weighted by molar-refractivity contribution is 5.94. The third-order valence-electron chi connectivity index (χ3n) is 4.57. The number of amides is 1. The van der Waals surface area contributed by atoms with Gasteiger partial charge in [0.15, 0.2) is 0 Å². The Balaban J connectivity index is 1.49. The molecule has 0 radical (unpaired) electrons. The van der Waals surface area contributed by atoms with E-state index in [2.05, 4.69) is 27.8 Å². The molecule has 1 fully saturated rings. The average molecular weight is 323 g/mol. The maximum atomic E-state index is 12.4. The molecule has 24 heavy (non-hydrogen) atoms. The number of hydrogen-bond donors (Lipinski definition) is 2. The summed E-state index contributed by atoms with van der Waals surface area (Å²) in [5.41, 5.74) is 3.24. The van der Waals surface area contributed by atoms with E-state index in [9.17, 15) is 4.79 Å². The lowest BCUT2D eigenvalue weighted by molar-refractivity contribution is 0.0953. The van der Waals surface area contributed by atoms with Crippen LogP contribution in [0.5, 0.6) is 0 Å². The van der Waals surface area contributed by atoms with Gasteiger partial charge in [0, 0.05) is 31.0 Å². The molecule has 0 bridgehead atoms. The lowest BCUT2D eigenvalue weighted by Crippen LogP contribution is -2.29. The SMILES string of the molecule is O=C(NCCCc1cccnc1)c1cccc(C2CCCNC2)c1. The second-order valence-corrected chi connectivity index (χ2v) is 6.39. The smallest absolute Gasteiger partial charge is 0.251 e. The molecule has 1 aromatic carbocycles. The number of pyridine rings is 1. The van der Waals surface area contributed by atoms with Crippen molar-refractivity contribution in [1.82, 2.24) is 15.6 Å². The van der Waals surface area contributed by atoms with Crippen molar-refractivity contribution in [2.24, 2.45) is 0 Å². The number of aryl methyl sites for hydroxylation is 1. The quantitative estimate of drug-likeness (QED) is 0.804.